The van der Waals surface area contributed by atoms with E-state index in [1.807, 2.05) is 0 Å². The lowest BCUT2D eigenvalue weighted by Crippen LogP contribution is -2.16. The quantitative estimate of drug-likeness (QED) is 0.213. The number of nitrogens with one attached hydrogen (secondary N) is 2. The van der Waals surface area contributed by atoms with E-state index in [2.05, 4.69) is 0 Å². The fourth-order valence-electron chi connectivity index (χ4n) is 0.906. The first-order valence-corrected chi connectivity index (χ1v) is 5.52. The zero-order chi connectivity index (χ0) is 12.9. The van der Waals surface area contributed by atoms with Crippen molar-refractivity contribution in [1.29, 1.82) is 10.8 Å². The largest absolute Gasteiger partial charge is 0.388 e. The van der Waals surface area contributed by atoms with Gasteiger partial charge in [-0.1, -0.05) is 0 Å². The Kier molecular flexibility index (Phi) is 10.5. The van der Waals surface area contributed by atoms with Crippen LogP contribution in [-0.2, 0) is 14.2 Å². The Morgan fingerprint density at radius 2 is 0.941 bits per heavy atom. The van der Waals surface area contributed by atoms with Crippen molar-refractivity contribution >= 4 is 11.7 Å². The molecule has 0 amide bonds. The normalized spacial score (nSPS) is 10.4. The lowest BCUT2D eigenvalue weighted by atomic mass is 10.4. The van der Waals surface area contributed by atoms with Crippen LogP contribution in [0, 0.1) is 10.8 Å². The van der Waals surface area contributed by atoms with E-state index in [1.54, 1.807) is 0 Å². The standard InChI is InChI=1S/C10H22N4O3/c11-9(12)1-3-15-5-7-17-8-6-16-4-2-10(13)14/h1-8H2,(H3,11,12)(H3,13,14). The van der Waals surface area contributed by atoms with E-state index in [0.29, 0.717) is 52.5 Å². The molecule has 0 aliphatic heterocycles. The van der Waals surface area contributed by atoms with Gasteiger partial charge in [0, 0.05) is 12.8 Å². The van der Waals surface area contributed by atoms with Gasteiger partial charge in [-0.15, -0.1) is 0 Å². The molecule has 0 radical (unpaired) electrons. The molecule has 0 aliphatic rings. The van der Waals surface area contributed by atoms with Crippen LogP contribution < -0.4 is 11.5 Å². The number of hydrogen-bond acceptors (Lipinski definition) is 5. The number of rotatable bonds is 12. The second kappa shape index (κ2) is 11.3. The van der Waals surface area contributed by atoms with Gasteiger partial charge >= 0.3 is 0 Å². The summed E-state index contributed by atoms with van der Waals surface area (Å²) < 4.78 is 15.6. The Morgan fingerprint density at radius 3 is 1.24 bits per heavy atom. The van der Waals surface area contributed by atoms with Crippen LogP contribution >= 0.6 is 0 Å². The summed E-state index contributed by atoms with van der Waals surface area (Å²) in [6, 6.07) is 0. The molecule has 17 heavy (non-hydrogen) atoms. The van der Waals surface area contributed by atoms with Crippen molar-refractivity contribution in [1.82, 2.24) is 0 Å². The van der Waals surface area contributed by atoms with Crippen LogP contribution in [0.5, 0.6) is 0 Å². The summed E-state index contributed by atoms with van der Waals surface area (Å²) in [6.45, 7) is 2.87. The molecule has 7 heteroatoms. The highest BCUT2D eigenvalue weighted by Gasteiger charge is 1.93. The Morgan fingerprint density at radius 1 is 0.647 bits per heavy atom. The third-order valence-electron chi connectivity index (χ3n) is 1.78. The van der Waals surface area contributed by atoms with Crippen molar-refractivity contribution in [3.8, 4) is 0 Å². The van der Waals surface area contributed by atoms with E-state index in [4.69, 9.17) is 36.5 Å². The number of nitrogens with two attached hydrogens (primary N) is 2. The smallest absolute Gasteiger partial charge is 0.0928 e. The fourth-order valence-corrected chi connectivity index (χ4v) is 0.906. The summed E-state index contributed by atoms with van der Waals surface area (Å²) in [5.74, 6) is 0.259. The van der Waals surface area contributed by atoms with Crippen LogP contribution in [0.3, 0.4) is 0 Å². The highest BCUT2D eigenvalue weighted by atomic mass is 16.5. The van der Waals surface area contributed by atoms with E-state index in [1.165, 1.54) is 0 Å². The summed E-state index contributed by atoms with van der Waals surface area (Å²) in [7, 11) is 0. The Labute approximate surface area is 101 Å². The Hall–Kier alpha value is -1.18. The van der Waals surface area contributed by atoms with Crippen molar-refractivity contribution in [2.24, 2.45) is 11.5 Å². The first-order chi connectivity index (χ1) is 8.13. The van der Waals surface area contributed by atoms with Gasteiger partial charge in [-0.3, -0.25) is 10.8 Å². The molecular formula is C10H22N4O3. The molecule has 0 heterocycles. The molecule has 0 spiro atoms. The lowest BCUT2D eigenvalue weighted by Gasteiger charge is -2.06. The molecule has 0 atom stereocenters. The Bertz CT molecular complexity index is 202. The third kappa shape index (κ3) is 14.8. The highest BCUT2D eigenvalue weighted by Crippen LogP contribution is 1.85. The van der Waals surface area contributed by atoms with Gasteiger partial charge in [-0.25, -0.2) is 0 Å². The number of hydrogen-bond donors (Lipinski definition) is 4. The van der Waals surface area contributed by atoms with E-state index >= 15 is 0 Å². The zero-order valence-electron chi connectivity index (χ0n) is 10.0. The van der Waals surface area contributed by atoms with Gasteiger partial charge in [0.1, 0.15) is 0 Å². The lowest BCUT2D eigenvalue weighted by molar-refractivity contribution is 0.0170. The first kappa shape index (κ1) is 15.8. The zero-order valence-corrected chi connectivity index (χ0v) is 10.0. The van der Waals surface area contributed by atoms with Crippen molar-refractivity contribution < 1.29 is 14.2 Å². The SMILES string of the molecule is N=C(N)CCOCCOCCOCCC(=N)N. The van der Waals surface area contributed by atoms with E-state index < -0.39 is 0 Å². The molecule has 0 aromatic heterocycles. The molecular weight excluding hydrogens is 224 g/mol. The molecule has 0 aliphatic carbocycles. The van der Waals surface area contributed by atoms with Gasteiger partial charge in [-0.05, 0) is 0 Å². The summed E-state index contributed by atoms with van der Waals surface area (Å²) in [5, 5.41) is 13.9. The van der Waals surface area contributed by atoms with Crippen molar-refractivity contribution in [2.45, 2.75) is 12.8 Å². The monoisotopic (exact) mass is 246 g/mol. The van der Waals surface area contributed by atoms with E-state index in [0.717, 1.165) is 0 Å². The second-order valence-corrected chi connectivity index (χ2v) is 3.39. The van der Waals surface area contributed by atoms with Gasteiger partial charge < -0.3 is 25.7 Å². The van der Waals surface area contributed by atoms with Crippen LogP contribution in [0.2, 0.25) is 0 Å². The van der Waals surface area contributed by atoms with E-state index in [-0.39, 0.29) is 11.7 Å². The number of ether oxygens (including phenoxy) is 3. The molecule has 0 rings (SSSR count). The molecule has 0 saturated heterocycles. The average molecular weight is 246 g/mol. The summed E-state index contributed by atoms with van der Waals surface area (Å²) >= 11 is 0. The van der Waals surface area contributed by atoms with Crippen LogP contribution in [0.15, 0.2) is 0 Å². The van der Waals surface area contributed by atoms with Crippen molar-refractivity contribution in [3.05, 3.63) is 0 Å². The fraction of sp³-hybridized carbons (Fsp3) is 0.800. The van der Waals surface area contributed by atoms with Gasteiger partial charge in [0.2, 0.25) is 0 Å². The van der Waals surface area contributed by atoms with Crippen LogP contribution in [0.25, 0.3) is 0 Å². The average Bonchev–Trinajstić information content (AvgIpc) is 2.25. The van der Waals surface area contributed by atoms with Crippen LogP contribution in [0.1, 0.15) is 12.8 Å². The maximum absolute atomic E-state index is 6.96. The number of amidine groups is 2. The van der Waals surface area contributed by atoms with Crippen molar-refractivity contribution in [3.63, 3.8) is 0 Å². The predicted molar refractivity (Wildman–Crippen MR) is 65.5 cm³/mol. The highest BCUT2D eigenvalue weighted by molar-refractivity contribution is 5.77. The third-order valence-corrected chi connectivity index (χ3v) is 1.78. The minimum Gasteiger partial charge on any atom is -0.388 e. The molecule has 0 aromatic carbocycles. The van der Waals surface area contributed by atoms with E-state index in [9.17, 15) is 0 Å². The predicted octanol–water partition coefficient (Wildman–Crippen LogP) is -0.312. The molecule has 0 bridgehead atoms. The van der Waals surface area contributed by atoms with Gasteiger partial charge in [0.25, 0.3) is 0 Å². The molecule has 7 nitrogen and oxygen atoms in total. The van der Waals surface area contributed by atoms with Gasteiger partial charge in [-0.2, -0.15) is 0 Å². The van der Waals surface area contributed by atoms with Crippen LogP contribution in [-0.4, -0.2) is 51.3 Å². The second-order valence-electron chi connectivity index (χ2n) is 3.39. The minimum absolute atomic E-state index is 0.129. The summed E-state index contributed by atoms with van der Waals surface area (Å²) in [5.41, 5.74) is 10.3. The molecule has 0 aromatic rings. The maximum Gasteiger partial charge on any atom is 0.0928 e. The molecule has 0 fully saturated rings. The van der Waals surface area contributed by atoms with Gasteiger partial charge in [0.15, 0.2) is 0 Å². The first-order valence-electron chi connectivity index (χ1n) is 5.52. The molecule has 0 unspecified atom stereocenters. The minimum atomic E-state index is 0.129. The molecule has 0 saturated carbocycles. The molecule has 100 valence electrons. The van der Waals surface area contributed by atoms with Gasteiger partial charge in [0.05, 0.1) is 51.3 Å². The molecule has 6 N–H and O–H groups in total. The topological polar surface area (TPSA) is 127 Å². The van der Waals surface area contributed by atoms with Crippen molar-refractivity contribution in [2.75, 3.05) is 39.6 Å². The maximum atomic E-state index is 6.96. The van der Waals surface area contributed by atoms with Crippen LogP contribution in [0.4, 0.5) is 0 Å². The summed E-state index contributed by atoms with van der Waals surface area (Å²) in [4.78, 5) is 0. The Balaban J connectivity index is 2.98. The summed E-state index contributed by atoms with van der Waals surface area (Å²) in [6.07, 6.45) is 0.905.